The van der Waals surface area contributed by atoms with Gasteiger partial charge in [-0.25, -0.2) is 8.78 Å². The number of benzene rings is 2. The van der Waals surface area contributed by atoms with Gasteiger partial charge >= 0.3 is 0 Å². The highest BCUT2D eigenvalue weighted by molar-refractivity contribution is 5.78. The zero-order valence-electron chi connectivity index (χ0n) is 19.3. The maximum atomic E-state index is 13.6. The molecule has 0 radical (unpaired) electrons. The molecule has 1 heterocycles. The van der Waals surface area contributed by atoms with E-state index in [1.165, 1.54) is 12.1 Å². The Morgan fingerprint density at radius 1 is 0.758 bits per heavy atom. The Labute approximate surface area is 194 Å². The van der Waals surface area contributed by atoms with Crippen LogP contribution in [0.25, 0.3) is 0 Å². The van der Waals surface area contributed by atoms with Crippen LogP contribution in [0.1, 0.15) is 28.7 Å². The average Bonchev–Trinajstić information content (AvgIpc) is 3.00. The highest BCUT2D eigenvalue weighted by atomic mass is 19.1. The van der Waals surface area contributed by atoms with Crippen molar-refractivity contribution in [2.75, 3.05) is 39.3 Å². The van der Waals surface area contributed by atoms with Gasteiger partial charge in [0.15, 0.2) is 0 Å². The van der Waals surface area contributed by atoms with Crippen molar-refractivity contribution >= 4 is 11.8 Å². The Balaban J connectivity index is 1.37. The second-order valence-electron chi connectivity index (χ2n) is 8.63. The van der Waals surface area contributed by atoms with Crippen molar-refractivity contribution in [1.29, 1.82) is 0 Å². The zero-order chi connectivity index (χ0) is 23.8. The number of nitrogens with one attached hydrogen (secondary N) is 2. The third kappa shape index (κ3) is 7.91. The highest BCUT2D eigenvalue weighted by Gasteiger charge is 2.19. The van der Waals surface area contributed by atoms with Crippen molar-refractivity contribution in [3.8, 4) is 0 Å². The fourth-order valence-corrected chi connectivity index (χ4v) is 3.75. The summed E-state index contributed by atoms with van der Waals surface area (Å²) in [4.78, 5) is 28.8. The van der Waals surface area contributed by atoms with E-state index in [2.05, 4.69) is 20.4 Å². The number of amides is 2. The van der Waals surface area contributed by atoms with Crippen molar-refractivity contribution in [1.82, 2.24) is 20.4 Å². The van der Waals surface area contributed by atoms with Gasteiger partial charge in [-0.1, -0.05) is 24.3 Å². The maximum Gasteiger partial charge on any atom is 0.234 e. The van der Waals surface area contributed by atoms with Crippen LogP contribution >= 0.6 is 0 Å². The van der Waals surface area contributed by atoms with E-state index in [-0.39, 0.29) is 36.5 Å². The molecular weight excluding hydrogens is 426 g/mol. The first-order valence-corrected chi connectivity index (χ1v) is 11.3. The molecule has 2 aromatic rings. The number of rotatable bonds is 8. The van der Waals surface area contributed by atoms with E-state index in [4.69, 9.17) is 0 Å². The molecule has 1 fully saturated rings. The van der Waals surface area contributed by atoms with Crippen molar-refractivity contribution < 1.29 is 18.4 Å². The van der Waals surface area contributed by atoms with E-state index in [1.807, 2.05) is 12.1 Å². The minimum absolute atomic E-state index is 0.104. The number of halogens is 2. The fraction of sp³-hybridized carbons (Fsp3) is 0.440. The quantitative estimate of drug-likeness (QED) is 0.638. The Morgan fingerprint density at radius 2 is 1.18 bits per heavy atom. The molecule has 0 spiro atoms. The summed E-state index contributed by atoms with van der Waals surface area (Å²) >= 11 is 0. The van der Waals surface area contributed by atoms with Crippen molar-refractivity contribution in [2.45, 2.75) is 33.4 Å². The molecule has 2 amide bonds. The van der Waals surface area contributed by atoms with Crippen molar-refractivity contribution in [2.24, 2.45) is 0 Å². The van der Waals surface area contributed by atoms with E-state index in [9.17, 15) is 18.4 Å². The second kappa shape index (κ2) is 11.9. The van der Waals surface area contributed by atoms with E-state index in [0.29, 0.717) is 37.3 Å². The normalized spacial score (nSPS) is 15.2. The predicted octanol–water partition coefficient (Wildman–Crippen LogP) is 2.52. The van der Waals surface area contributed by atoms with Crippen LogP contribution in [0.3, 0.4) is 0 Å². The summed E-state index contributed by atoms with van der Waals surface area (Å²) in [6, 6.07) is 9.91. The summed E-state index contributed by atoms with van der Waals surface area (Å²) in [6.45, 7) is 7.44. The van der Waals surface area contributed by atoms with Crippen LogP contribution in [-0.4, -0.2) is 60.9 Å². The molecule has 1 aliphatic rings. The van der Waals surface area contributed by atoms with Crippen molar-refractivity contribution in [3.05, 3.63) is 70.3 Å². The molecule has 33 heavy (non-hydrogen) atoms. The monoisotopic (exact) mass is 458 g/mol. The molecule has 0 aromatic heterocycles. The number of hydrogen-bond donors (Lipinski definition) is 2. The number of carbonyl (C=O) groups is 2. The first-order valence-electron chi connectivity index (χ1n) is 11.3. The van der Waals surface area contributed by atoms with Crippen LogP contribution in [0.5, 0.6) is 0 Å². The Hall–Kier alpha value is -2.84. The molecule has 0 saturated carbocycles. The largest absolute Gasteiger partial charge is 0.351 e. The number of hydrogen-bond acceptors (Lipinski definition) is 4. The average molecular weight is 459 g/mol. The van der Waals surface area contributed by atoms with Gasteiger partial charge in [-0.15, -0.1) is 0 Å². The molecule has 0 atom stereocenters. The summed E-state index contributed by atoms with van der Waals surface area (Å²) in [5, 5.41) is 5.69. The summed E-state index contributed by atoms with van der Waals surface area (Å²) in [7, 11) is 0. The minimum atomic E-state index is -0.274. The molecule has 1 aliphatic heterocycles. The Morgan fingerprint density at radius 3 is 1.58 bits per heavy atom. The molecule has 3 rings (SSSR count). The van der Waals surface area contributed by atoms with Gasteiger partial charge in [0.05, 0.1) is 13.1 Å². The molecule has 2 N–H and O–H groups in total. The van der Waals surface area contributed by atoms with Gasteiger partial charge < -0.3 is 10.6 Å². The minimum Gasteiger partial charge on any atom is -0.351 e. The first kappa shape index (κ1) is 24.8. The Kier molecular flexibility index (Phi) is 8.91. The molecule has 6 nitrogen and oxygen atoms in total. The summed E-state index contributed by atoms with van der Waals surface area (Å²) in [5.74, 6) is -0.756. The molecule has 8 heteroatoms. The maximum absolute atomic E-state index is 13.6. The van der Waals surface area contributed by atoms with E-state index < -0.39 is 0 Å². The van der Waals surface area contributed by atoms with Crippen LogP contribution in [-0.2, 0) is 22.7 Å². The molecule has 0 unspecified atom stereocenters. The Bertz CT molecular complexity index is 905. The van der Waals surface area contributed by atoms with Gasteiger partial charge in [0.1, 0.15) is 11.6 Å². The highest BCUT2D eigenvalue weighted by Crippen LogP contribution is 2.10. The zero-order valence-corrected chi connectivity index (χ0v) is 19.3. The SMILES string of the molecule is Cc1ccc(CNC(=O)CN2CCCN(CC(=O)NCc3ccc(C)c(F)c3)CC2)cc1F. The molecule has 0 bridgehead atoms. The van der Waals surface area contributed by atoms with Gasteiger partial charge in [-0.2, -0.15) is 0 Å². The van der Waals surface area contributed by atoms with E-state index in [0.717, 1.165) is 30.6 Å². The molecule has 2 aromatic carbocycles. The summed E-state index contributed by atoms with van der Waals surface area (Å²) in [6.07, 6.45) is 0.854. The standard InChI is InChI=1S/C25H32F2N4O2/c1-18-4-6-20(12-22(18)26)14-28-24(32)16-30-8-3-9-31(11-10-30)17-25(33)29-15-21-7-5-19(2)23(27)13-21/h4-7,12-13H,3,8-11,14-17H2,1-2H3,(H,28,32)(H,29,33). The van der Waals surface area contributed by atoms with Crippen molar-refractivity contribution in [3.63, 3.8) is 0 Å². The van der Waals surface area contributed by atoms with Gasteiger partial charge in [0.2, 0.25) is 11.8 Å². The first-order chi connectivity index (χ1) is 15.8. The summed E-state index contributed by atoms with van der Waals surface area (Å²) < 4.78 is 27.3. The lowest BCUT2D eigenvalue weighted by molar-refractivity contribution is -0.123. The predicted molar refractivity (Wildman–Crippen MR) is 123 cm³/mol. The number of aryl methyl sites for hydroxylation is 2. The third-order valence-corrected chi connectivity index (χ3v) is 5.87. The lowest BCUT2D eigenvalue weighted by Crippen LogP contribution is -2.41. The van der Waals surface area contributed by atoms with E-state index in [1.54, 1.807) is 26.0 Å². The van der Waals surface area contributed by atoms with Gasteiger partial charge in [-0.3, -0.25) is 19.4 Å². The van der Waals surface area contributed by atoms with E-state index >= 15 is 0 Å². The number of nitrogens with zero attached hydrogens (tertiary/aromatic N) is 2. The fourth-order valence-electron chi connectivity index (χ4n) is 3.75. The number of carbonyl (C=O) groups excluding carboxylic acids is 2. The van der Waals surface area contributed by atoms with Crippen LogP contribution in [0, 0.1) is 25.5 Å². The van der Waals surface area contributed by atoms with Crippen LogP contribution < -0.4 is 10.6 Å². The third-order valence-electron chi connectivity index (χ3n) is 5.87. The van der Waals surface area contributed by atoms with Crippen LogP contribution in [0.2, 0.25) is 0 Å². The molecule has 1 saturated heterocycles. The summed E-state index contributed by atoms with van der Waals surface area (Å²) in [5.41, 5.74) is 2.62. The van der Waals surface area contributed by atoms with Gasteiger partial charge in [-0.05, 0) is 67.7 Å². The molecular formula is C25H32F2N4O2. The lowest BCUT2D eigenvalue weighted by Gasteiger charge is -2.21. The molecule has 178 valence electrons. The van der Waals surface area contributed by atoms with Crippen LogP contribution in [0.4, 0.5) is 8.78 Å². The molecule has 0 aliphatic carbocycles. The van der Waals surface area contributed by atoms with Gasteiger partial charge in [0, 0.05) is 26.2 Å². The topological polar surface area (TPSA) is 64.7 Å². The smallest absolute Gasteiger partial charge is 0.234 e. The second-order valence-corrected chi connectivity index (χ2v) is 8.63. The van der Waals surface area contributed by atoms with Crippen LogP contribution in [0.15, 0.2) is 36.4 Å². The van der Waals surface area contributed by atoms with Gasteiger partial charge in [0.25, 0.3) is 0 Å². The lowest BCUT2D eigenvalue weighted by atomic mass is 10.1.